The van der Waals surface area contributed by atoms with Crippen molar-refractivity contribution in [3.05, 3.63) is 66.2 Å². The molecule has 2 heterocycles. The molecule has 3 aromatic rings. The number of hydrogen-bond donors (Lipinski definition) is 1. The van der Waals surface area contributed by atoms with E-state index in [0.717, 1.165) is 11.1 Å². The van der Waals surface area contributed by atoms with Crippen molar-refractivity contribution in [1.82, 2.24) is 15.0 Å². The fraction of sp³-hybridized carbons (Fsp3) is 0.250. The van der Waals surface area contributed by atoms with E-state index in [9.17, 15) is 9.90 Å². The van der Waals surface area contributed by atoms with Crippen molar-refractivity contribution in [1.29, 1.82) is 0 Å². The molecular weight excluding hydrogens is 346 g/mol. The van der Waals surface area contributed by atoms with Crippen LogP contribution in [0.4, 0.5) is 0 Å². The van der Waals surface area contributed by atoms with Crippen LogP contribution in [-0.2, 0) is 11.3 Å². The van der Waals surface area contributed by atoms with E-state index < -0.39 is 12.0 Å². The number of likely N-dealkylation sites (N-methyl/N-ethyl adjacent to an activating group) is 1. The zero-order valence-corrected chi connectivity index (χ0v) is 15.2. The second-order valence-corrected chi connectivity index (χ2v) is 6.20. The Morgan fingerprint density at radius 3 is 2.74 bits per heavy atom. The van der Waals surface area contributed by atoms with Crippen LogP contribution in [0.2, 0.25) is 0 Å². The molecule has 7 heteroatoms. The maximum Gasteiger partial charge on any atom is 0.255 e. The summed E-state index contributed by atoms with van der Waals surface area (Å²) < 4.78 is 10.8. The average Bonchev–Trinajstić information content (AvgIpc) is 3.15. The topological polar surface area (TPSA) is 88.7 Å². The van der Waals surface area contributed by atoms with Crippen LogP contribution in [0, 0.1) is 6.92 Å². The number of benzene rings is 1. The number of pyridine rings is 1. The van der Waals surface area contributed by atoms with Gasteiger partial charge in [-0.3, -0.25) is 9.78 Å². The van der Waals surface area contributed by atoms with E-state index in [1.165, 1.54) is 4.90 Å². The first-order chi connectivity index (χ1) is 13.0. The normalized spacial score (nSPS) is 11.8. The van der Waals surface area contributed by atoms with Gasteiger partial charge < -0.3 is 19.3 Å². The first kappa shape index (κ1) is 18.6. The van der Waals surface area contributed by atoms with Crippen LogP contribution in [0.5, 0.6) is 5.75 Å². The highest BCUT2D eigenvalue weighted by molar-refractivity contribution is 5.80. The van der Waals surface area contributed by atoms with Gasteiger partial charge in [0, 0.05) is 31.1 Å². The van der Waals surface area contributed by atoms with E-state index in [2.05, 4.69) is 10.1 Å². The molecule has 140 valence electrons. The van der Waals surface area contributed by atoms with E-state index in [4.69, 9.17) is 9.26 Å². The number of carbonyl (C=O) groups is 1. The Labute approximate surface area is 157 Å². The average molecular weight is 367 g/mol. The molecule has 1 aromatic carbocycles. The summed E-state index contributed by atoms with van der Waals surface area (Å²) in [5.74, 6) is 0.708. The van der Waals surface area contributed by atoms with E-state index in [1.807, 2.05) is 37.3 Å². The van der Waals surface area contributed by atoms with Crippen molar-refractivity contribution in [3.8, 4) is 17.0 Å². The molecule has 2 aromatic heterocycles. The summed E-state index contributed by atoms with van der Waals surface area (Å²) in [5, 5.41) is 14.1. The van der Waals surface area contributed by atoms with Crippen LogP contribution in [0.25, 0.3) is 11.3 Å². The number of aryl methyl sites for hydroxylation is 1. The lowest BCUT2D eigenvalue weighted by Gasteiger charge is -2.20. The van der Waals surface area contributed by atoms with Crippen molar-refractivity contribution in [2.24, 2.45) is 0 Å². The molecule has 3 rings (SSSR count). The van der Waals surface area contributed by atoms with Gasteiger partial charge >= 0.3 is 0 Å². The Hall–Kier alpha value is -3.19. The first-order valence-corrected chi connectivity index (χ1v) is 8.52. The second-order valence-electron chi connectivity index (χ2n) is 6.20. The van der Waals surface area contributed by atoms with Crippen LogP contribution in [-0.4, -0.2) is 45.8 Å². The Bertz CT molecular complexity index is 895. The third-order valence-electron chi connectivity index (χ3n) is 4.08. The lowest BCUT2D eigenvalue weighted by Crippen LogP contribution is -2.39. The highest BCUT2D eigenvalue weighted by atomic mass is 16.5. The lowest BCUT2D eigenvalue weighted by atomic mass is 10.2. The molecule has 1 N–H and O–H groups in total. The van der Waals surface area contributed by atoms with Crippen molar-refractivity contribution in [3.63, 3.8) is 0 Å². The summed E-state index contributed by atoms with van der Waals surface area (Å²) in [4.78, 5) is 17.7. The zero-order chi connectivity index (χ0) is 19.2. The molecule has 0 fully saturated rings. The highest BCUT2D eigenvalue weighted by Crippen LogP contribution is 2.19. The molecule has 0 spiro atoms. The summed E-state index contributed by atoms with van der Waals surface area (Å²) in [6.07, 6.45) is 2.08. The van der Waals surface area contributed by atoms with Gasteiger partial charge in [0.2, 0.25) is 0 Å². The van der Waals surface area contributed by atoms with Crippen LogP contribution in [0.1, 0.15) is 11.3 Å². The summed E-state index contributed by atoms with van der Waals surface area (Å²) in [6.45, 7) is 1.98. The molecule has 1 atom stereocenters. The fourth-order valence-corrected chi connectivity index (χ4v) is 2.57. The Morgan fingerprint density at radius 2 is 2.00 bits per heavy atom. The SMILES string of the molecule is Cc1ccccc1OC[C@@H](O)C(=O)N(C)Cc1cc(-c2ccncc2)no1. The van der Waals surface area contributed by atoms with Gasteiger partial charge in [0.1, 0.15) is 18.1 Å². The lowest BCUT2D eigenvalue weighted by molar-refractivity contribution is -0.141. The van der Waals surface area contributed by atoms with Gasteiger partial charge in [-0.05, 0) is 30.7 Å². The predicted molar refractivity (Wildman–Crippen MR) is 98.9 cm³/mol. The summed E-state index contributed by atoms with van der Waals surface area (Å²) >= 11 is 0. The van der Waals surface area contributed by atoms with Crippen molar-refractivity contribution in [2.75, 3.05) is 13.7 Å². The molecule has 0 aliphatic heterocycles. The third kappa shape index (κ3) is 4.71. The van der Waals surface area contributed by atoms with Gasteiger partial charge in [-0.15, -0.1) is 0 Å². The fourth-order valence-electron chi connectivity index (χ4n) is 2.57. The highest BCUT2D eigenvalue weighted by Gasteiger charge is 2.22. The van der Waals surface area contributed by atoms with Crippen LogP contribution in [0.15, 0.2) is 59.4 Å². The van der Waals surface area contributed by atoms with Crippen LogP contribution < -0.4 is 4.74 Å². The Kier molecular flexibility index (Phi) is 5.83. The molecule has 0 radical (unpaired) electrons. The monoisotopic (exact) mass is 367 g/mol. The van der Waals surface area contributed by atoms with Crippen LogP contribution in [0.3, 0.4) is 0 Å². The quantitative estimate of drug-likeness (QED) is 0.690. The van der Waals surface area contributed by atoms with Gasteiger partial charge in [0.25, 0.3) is 5.91 Å². The number of amides is 1. The first-order valence-electron chi connectivity index (χ1n) is 8.52. The van der Waals surface area contributed by atoms with E-state index in [0.29, 0.717) is 17.2 Å². The van der Waals surface area contributed by atoms with E-state index in [1.54, 1.807) is 31.6 Å². The van der Waals surface area contributed by atoms with Crippen molar-refractivity contribution < 1.29 is 19.2 Å². The standard InChI is InChI=1S/C20H21N3O4/c1-14-5-3-4-6-19(14)26-13-18(24)20(25)23(2)12-16-11-17(22-27-16)15-7-9-21-10-8-15/h3-11,18,24H,12-13H2,1-2H3/t18-/m1/s1. The molecule has 0 saturated heterocycles. The molecule has 0 bridgehead atoms. The number of rotatable bonds is 7. The second kappa shape index (κ2) is 8.46. The summed E-state index contributed by atoms with van der Waals surface area (Å²) in [6, 6.07) is 12.8. The number of aliphatic hydroxyl groups excluding tert-OH is 1. The number of ether oxygens (including phenoxy) is 1. The molecule has 0 saturated carbocycles. The minimum absolute atomic E-state index is 0.118. The molecular formula is C20H21N3O4. The van der Waals surface area contributed by atoms with E-state index in [-0.39, 0.29) is 13.2 Å². The Morgan fingerprint density at radius 1 is 1.26 bits per heavy atom. The summed E-state index contributed by atoms with van der Waals surface area (Å²) in [5.41, 5.74) is 2.48. The van der Waals surface area contributed by atoms with Gasteiger partial charge in [-0.2, -0.15) is 0 Å². The molecule has 27 heavy (non-hydrogen) atoms. The summed E-state index contributed by atoms with van der Waals surface area (Å²) in [7, 11) is 1.59. The minimum Gasteiger partial charge on any atom is -0.490 e. The van der Waals surface area contributed by atoms with Gasteiger partial charge in [-0.1, -0.05) is 23.4 Å². The largest absolute Gasteiger partial charge is 0.490 e. The van der Waals surface area contributed by atoms with Gasteiger partial charge in [0.15, 0.2) is 11.9 Å². The molecule has 0 aliphatic carbocycles. The minimum atomic E-state index is -1.27. The molecule has 0 aliphatic rings. The Balaban J connectivity index is 1.56. The van der Waals surface area contributed by atoms with Gasteiger partial charge in [-0.25, -0.2) is 0 Å². The smallest absolute Gasteiger partial charge is 0.255 e. The number of aromatic nitrogens is 2. The molecule has 0 unspecified atom stereocenters. The van der Waals surface area contributed by atoms with Gasteiger partial charge in [0.05, 0.1) is 6.54 Å². The number of aliphatic hydroxyl groups is 1. The number of para-hydroxylation sites is 1. The predicted octanol–water partition coefficient (Wildman–Crippen LogP) is 2.44. The maximum atomic E-state index is 12.4. The number of nitrogens with zero attached hydrogens (tertiary/aromatic N) is 3. The third-order valence-corrected chi connectivity index (χ3v) is 4.08. The molecule has 7 nitrogen and oxygen atoms in total. The molecule has 1 amide bonds. The maximum absolute atomic E-state index is 12.4. The van der Waals surface area contributed by atoms with E-state index >= 15 is 0 Å². The zero-order valence-electron chi connectivity index (χ0n) is 15.2. The van der Waals surface area contributed by atoms with Crippen LogP contribution >= 0.6 is 0 Å². The van der Waals surface area contributed by atoms with Crippen molar-refractivity contribution >= 4 is 5.91 Å². The number of hydrogen-bond acceptors (Lipinski definition) is 6. The number of carbonyl (C=O) groups excluding carboxylic acids is 1. The van der Waals surface area contributed by atoms with Crippen molar-refractivity contribution in [2.45, 2.75) is 19.6 Å².